The number of amides is 4. The minimum absolute atomic E-state index is 0.0647. The number of rotatable bonds is 18. The molecule has 4 N–H and O–H groups in total. The standard InChI is InChI=1S/C29H40N4O6/c1-38-20-18-30-28(36)22-10-14-24(15-11-22)32-26(34)8-6-4-3-5-7-9-27(35)33-25-16-12-23(13-17-25)29(37)31-19-21-39-2/h10-17H,3-9,18-21H2,1-2H3,(H,30,36)(H,31,37)(H,32,34)(H,33,35). The van der Waals surface area contributed by atoms with Crippen LogP contribution < -0.4 is 21.3 Å². The van der Waals surface area contributed by atoms with Gasteiger partial charge in [-0.1, -0.05) is 19.3 Å². The Morgan fingerprint density at radius 3 is 1.28 bits per heavy atom. The van der Waals surface area contributed by atoms with E-state index < -0.39 is 0 Å². The van der Waals surface area contributed by atoms with E-state index >= 15 is 0 Å². The van der Waals surface area contributed by atoms with Gasteiger partial charge in [0.2, 0.25) is 11.8 Å². The topological polar surface area (TPSA) is 135 Å². The van der Waals surface area contributed by atoms with Gasteiger partial charge in [-0.2, -0.15) is 0 Å². The van der Waals surface area contributed by atoms with Gasteiger partial charge in [0.1, 0.15) is 0 Å². The summed E-state index contributed by atoms with van der Waals surface area (Å²) in [5.41, 5.74) is 2.35. The first kappa shape index (κ1) is 31.5. The van der Waals surface area contributed by atoms with E-state index in [4.69, 9.17) is 9.47 Å². The van der Waals surface area contributed by atoms with E-state index in [2.05, 4.69) is 21.3 Å². The predicted octanol–water partition coefficient (Wildman–Crippen LogP) is 3.75. The molecule has 0 atom stereocenters. The monoisotopic (exact) mass is 540 g/mol. The Morgan fingerprint density at radius 2 is 0.923 bits per heavy atom. The average molecular weight is 541 g/mol. The molecule has 0 aliphatic heterocycles. The summed E-state index contributed by atoms with van der Waals surface area (Å²) >= 11 is 0. The highest BCUT2D eigenvalue weighted by atomic mass is 16.5. The molecule has 0 saturated carbocycles. The van der Waals surface area contributed by atoms with E-state index in [0.717, 1.165) is 32.1 Å². The summed E-state index contributed by atoms with van der Waals surface area (Å²) in [6.45, 7) is 1.77. The lowest BCUT2D eigenvalue weighted by molar-refractivity contribution is -0.117. The van der Waals surface area contributed by atoms with Gasteiger partial charge in [0, 0.05) is 62.7 Å². The SMILES string of the molecule is COCCNC(=O)c1ccc(NC(=O)CCCCCCCC(=O)Nc2ccc(C(=O)NCCOC)cc2)cc1. The molecule has 0 fully saturated rings. The van der Waals surface area contributed by atoms with Gasteiger partial charge in [-0.15, -0.1) is 0 Å². The van der Waals surface area contributed by atoms with Crippen LogP contribution in [-0.4, -0.2) is 64.2 Å². The Bertz CT molecular complexity index is 957. The smallest absolute Gasteiger partial charge is 0.251 e. The van der Waals surface area contributed by atoms with E-state index in [1.54, 1.807) is 62.8 Å². The van der Waals surface area contributed by atoms with Crippen LogP contribution in [0.1, 0.15) is 65.7 Å². The van der Waals surface area contributed by atoms with Crippen LogP contribution in [0, 0.1) is 0 Å². The van der Waals surface area contributed by atoms with Crippen molar-refractivity contribution in [2.24, 2.45) is 0 Å². The number of carbonyl (C=O) groups excluding carboxylic acids is 4. The lowest BCUT2D eigenvalue weighted by Gasteiger charge is -2.08. The van der Waals surface area contributed by atoms with Crippen LogP contribution in [0.2, 0.25) is 0 Å². The molecule has 0 heterocycles. The molecule has 2 aromatic rings. The van der Waals surface area contributed by atoms with Gasteiger partial charge in [0.25, 0.3) is 11.8 Å². The van der Waals surface area contributed by atoms with Crippen LogP contribution in [0.25, 0.3) is 0 Å². The highest BCUT2D eigenvalue weighted by Gasteiger charge is 2.08. The number of unbranched alkanes of at least 4 members (excludes halogenated alkanes) is 4. The lowest BCUT2D eigenvalue weighted by atomic mass is 10.1. The Morgan fingerprint density at radius 1 is 0.564 bits per heavy atom. The molecule has 10 nitrogen and oxygen atoms in total. The second-order valence-corrected chi connectivity index (χ2v) is 9.02. The number of hydrogen-bond acceptors (Lipinski definition) is 6. The molecule has 10 heteroatoms. The van der Waals surface area contributed by atoms with Gasteiger partial charge in [0.15, 0.2) is 0 Å². The quantitative estimate of drug-likeness (QED) is 0.213. The molecular formula is C29H40N4O6. The highest BCUT2D eigenvalue weighted by molar-refractivity contribution is 5.96. The number of carbonyl (C=O) groups is 4. The second-order valence-electron chi connectivity index (χ2n) is 9.02. The largest absolute Gasteiger partial charge is 0.383 e. The Kier molecular flexibility index (Phi) is 14.9. The summed E-state index contributed by atoms with van der Waals surface area (Å²) in [6, 6.07) is 13.5. The van der Waals surface area contributed by atoms with Crippen LogP contribution in [0.3, 0.4) is 0 Å². The van der Waals surface area contributed by atoms with Crippen molar-refractivity contribution in [2.75, 3.05) is 51.2 Å². The molecule has 39 heavy (non-hydrogen) atoms. The molecule has 4 amide bonds. The van der Waals surface area contributed by atoms with E-state index in [1.165, 1.54) is 0 Å². The summed E-state index contributed by atoms with van der Waals surface area (Å²) in [6.07, 6.45) is 5.13. The maximum absolute atomic E-state index is 12.2. The molecule has 0 radical (unpaired) electrons. The molecule has 0 unspecified atom stereocenters. The minimum Gasteiger partial charge on any atom is -0.383 e. The summed E-state index contributed by atoms with van der Waals surface area (Å²) in [5, 5.41) is 11.2. The van der Waals surface area contributed by atoms with Crippen molar-refractivity contribution in [3.8, 4) is 0 Å². The number of ether oxygens (including phenoxy) is 2. The van der Waals surface area contributed by atoms with Gasteiger partial charge in [-0.05, 0) is 61.4 Å². The van der Waals surface area contributed by atoms with E-state index in [1.807, 2.05) is 0 Å². The molecule has 2 rings (SSSR count). The number of hydrogen-bond donors (Lipinski definition) is 4. The summed E-state index contributed by atoms with van der Waals surface area (Å²) in [7, 11) is 3.15. The molecular weight excluding hydrogens is 500 g/mol. The first-order chi connectivity index (χ1) is 18.9. The van der Waals surface area contributed by atoms with Crippen LogP contribution in [0.15, 0.2) is 48.5 Å². The molecule has 0 aliphatic carbocycles. The van der Waals surface area contributed by atoms with Crippen molar-refractivity contribution < 1.29 is 28.7 Å². The Hall–Kier alpha value is -3.76. The summed E-state index contributed by atoms with van der Waals surface area (Å²) < 4.78 is 9.82. The molecule has 0 saturated heterocycles. The average Bonchev–Trinajstić information content (AvgIpc) is 2.93. The van der Waals surface area contributed by atoms with Crippen molar-refractivity contribution >= 4 is 35.0 Å². The molecule has 212 valence electrons. The Labute approximate surface area is 230 Å². The maximum atomic E-state index is 12.2. The van der Waals surface area contributed by atoms with Gasteiger partial charge in [-0.3, -0.25) is 19.2 Å². The third-order valence-electron chi connectivity index (χ3n) is 5.85. The molecule has 0 aliphatic rings. The van der Waals surface area contributed by atoms with Gasteiger partial charge >= 0.3 is 0 Å². The lowest BCUT2D eigenvalue weighted by Crippen LogP contribution is -2.26. The number of anilines is 2. The normalized spacial score (nSPS) is 10.5. The van der Waals surface area contributed by atoms with Crippen LogP contribution >= 0.6 is 0 Å². The van der Waals surface area contributed by atoms with Crippen molar-refractivity contribution in [3.63, 3.8) is 0 Å². The van der Waals surface area contributed by atoms with Gasteiger partial charge in [-0.25, -0.2) is 0 Å². The molecule has 0 bridgehead atoms. The zero-order chi connectivity index (χ0) is 28.3. The fourth-order valence-corrected chi connectivity index (χ4v) is 3.70. The molecule has 0 aromatic heterocycles. The zero-order valence-electron chi connectivity index (χ0n) is 22.8. The first-order valence-electron chi connectivity index (χ1n) is 13.3. The van der Waals surface area contributed by atoms with Crippen molar-refractivity contribution in [3.05, 3.63) is 59.7 Å². The fraction of sp³-hybridized carbons (Fsp3) is 0.448. The maximum Gasteiger partial charge on any atom is 0.251 e. The van der Waals surface area contributed by atoms with Gasteiger partial charge in [0.05, 0.1) is 13.2 Å². The van der Waals surface area contributed by atoms with Crippen molar-refractivity contribution in [2.45, 2.75) is 44.9 Å². The van der Waals surface area contributed by atoms with Crippen molar-refractivity contribution in [1.82, 2.24) is 10.6 Å². The van der Waals surface area contributed by atoms with Crippen LogP contribution in [-0.2, 0) is 19.1 Å². The molecule has 0 spiro atoms. The third-order valence-corrected chi connectivity index (χ3v) is 5.85. The van der Waals surface area contributed by atoms with Crippen LogP contribution in [0.5, 0.6) is 0 Å². The van der Waals surface area contributed by atoms with E-state index in [0.29, 0.717) is 61.6 Å². The fourth-order valence-electron chi connectivity index (χ4n) is 3.70. The highest BCUT2D eigenvalue weighted by Crippen LogP contribution is 2.14. The third kappa shape index (κ3) is 13.0. The number of nitrogens with one attached hydrogen (secondary N) is 4. The first-order valence-corrected chi connectivity index (χ1v) is 13.3. The predicted molar refractivity (Wildman–Crippen MR) is 151 cm³/mol. The second kappa shape index (κ2) is 18.5. The van der Waals surface area contributed by atoms with Gasteiger partial charge < -0.3 is 30.7 Å². The Balaban J connectivity index is 1.54. The van der Waals surface area contributed by atoms with Crippen LogP contribution in [0.4, 0.5) is 11.4 Å². The minimum atomic E-state index is -0.184. The number of methoxy groups -OCH3 is 2. The van der Waals surface area contributed by atoms with E-state index in [9.17, 15) is 19.2 Å². The van der Waals surface area contributed by atoms with Crippen molar-refractivity contribution in [1.29, 1.82) is 0 Å². The summed E-state index contributed by atoms with van der Waals surface area (Å²) in [5.74, 6) is -0.497. The number of benzene rings is 2. The zero-order valence-corrected chi connectivity index (χ0v) is 22.8. The molecule has 2 aromatic carbocycles. The van der Waals surface area contributed by atoms with E-state index in [-0.39, 0.29) is 23.6 Å². The summed E-state index contributed by atoms with van der Waals surface area (Å²) in [4.78, 5) is 48.4.